The summed E-state index contributed by atoms with van der Waals surface area (Å²) in [5.74, 6) is -3.21. The van der Waals surface area contributed by atoms with E-state index < -0.39 is 35.4 Å². The molecule has 0 radical (unpaired) electrons. The van der Waals surface area contributed by atoms with Crippen molar-refractivity contribution in [2.45, 2.75) is 38.3 Å². The van der Waals surface area contributed by atoms with Crippen molar-refractivity contribution in [3.63, 3.8) is 0 Å². The van der Waals surface area contributed by atoms with Gasteiger partial charge in [0.15, 0.2) is 17.4 Å². The number of rotatable bonds is 8. The number of hydrogen-bond acceptors (Lipinski definition) is 8. The lowest BCUT2D eigenvalue weighted by atomic mass is 9.96. The molecule has 5 rings (SSSR count). The van der Waals surface area contributed by atoms with E-state index in [1.807, 2.05) is 4.90 Å². The van der Waals surface area contributed by atoms with Crippen LogP contribution in [-0.2, 0) is 19.3 Å². The van der Waals surface area contributed by atoms with E-state index >= 15 is 4.39 Å². The molecule has 4 aromatic rings. The molecule has 1 N–H and O–H groups in total. The fourth-order valence-electron chi connectivity index (χ4n) is 4.66. The summed E-state index contributed by atoms with van der Waals surface area (Å²) in [5, 5.41) is 3.90. The second-order valence-corrected chi connectivity index (χ2v) is 10.9. The van der Waals surface area contributed by atoms with Crippen LogP contribution in [0.4, 0.5) is 30.7 Å². The average molecular weight is 633 g/mol. The Labute approximate surface area is 243 Å². The molecule has 0 spiro atoms. The zero-order chi connectivity index (χ0) is 30.9. The summed E-state index contributed by atoms with van der Waals surface area (Å²) in [6.45, 7) is 0.321. The molecule has 1 saturated heterocycles. The number of ether oxygens (including phenoxy) is 2. The van der Waals surface area contributed by atoms with Crippen molar-refractivity contribution in [3.05, 3.63) is 68.9 Å². The molecule has 0 atom stereocenters. The summed E-state index contributed by atoms with van der Waals surface area (Å²) in [7, 11) is 1.32. The number of nitrogens with zero attached hydrogens (tertiary/aromatic N) is 3. The number of halogens is 7. The molecule has 43 heavy (non-hydrogen) atoms. The lowest BCUT2D eigenvalue weighted by Crippen LogP contribution is -2.38. The molecular formula is C27H23F7N4O4S. The summed E-state index contributed by atoms with van der Waals surface area (Å²) in [6, 6.07) is 6.70. The second-order valence-electron chi connectivity index (χ2n) is 9.77. The molecule has 3 heterocycles. The van der Waals surface area contributed by atoms with Crippen molar-refractivity contribution in [3.8, 4) is 33.5 Å². The molecule has 2 aromatic heterocycles. The monoisotopic (exact) mass is 632 g/mol. The van der Waals surface area contributed by atoms with Crippen LogP contribution in [-0.4, -0.2) is 46.4 Å². The third-order valence-electron chi connectivity index (χ3n) is 6.97. The number of aromatic nitrogens is 3. The summed E-state index contributed by atoms with van der Waals surface area (Å²) in [5.41, 5.74) is 0.129. The predicted molar refractivity (Wildman–Crippen MR) is 140 cm³/mol. The smallest absolute Gasteiger partial charge is 0.439 e. The Bertz CT molecular complexity index is 1620. The van der Waals surface area contributed by atoms with Gasteiger partial charge < -0.3 is 9.47 Å². The van der Waals surface area contributed by atoms with Gasteiger partial charge in [0.2, 0.25) is 0 Å². The van der Waals surface area contributed by atoms with Gasteiger partial charge >= 0.3 is 18.1 Å². The first kappa shape index (κ1) is 30.5. The Kier molecular flexibility index (Phi) is 8.51. The van der Waals surface area contributed by atoms with Crippen LogP contribution in [0.3, 0.4) is 0 Å². The Morgan fingerprint density at radius 1 is 1.07 bits per heavy atom. The van der Waals surface area contributed by atoms with E-state index in [0.717, 1.165) is 29.5 Å². The first-order valence-electron chi connectivity index (χ1n) is 12.8. The molecule has 230 valence electrons. The third-order valence-corrected chi connectivity index (χ3v) is 8.09. The van der Waals surface area contributed by atoms with Crippen molar-refractivity contribution in [1.29, 1.82) is 0 Å². The standard InChI is InChI=1S/C27H23F7N4O4S/c1-40-20-11-21(18(28)10-17(20)23-36-25(39)42-37-23)41-13-22-19(12-38-8-6-16(7-9-38)27(32,33)34)35-24(43-22)14-2-4-15(5-3-14)26(29,30)31/h2-5,10-11,16H,6-9,12-13H2,1H3,(H,36,37,39). The summed E-state index contributed by atoms with van der Waals surface area (Å²) in [6.07, 6.45) is -8.93. The number of hydrogen-bond donors (Lipinski definition) is 1. The van der Waals surface area contributed by atoms with E-state index in [1.165, 1.54) is 25.3 Å². The number of thiazole rings is 1. The zero-order valence-corrected chi connectivity index (χ0v) is 23.1. The summed E-state index contributed by atoms with van der Waals surface area (Å²) < 4.78 is 109. The molecule has 0 amide bonds. The van der Waals surface area contributed by atoms with E-state index in [0.29, 0.717) is 21.1 Å². The van der Waals surface area contributed by atoms with Gasteiger partial charge in [0, 0.05) is 18.2 Å². The quantitative estimate of drug-likeness (QED) is 0.217. The highest BCUT2D eigenvalue weighted by atomic mass is 32.1. The van der Waals surface area contributed by atoms with E-state index in [2.05, 4.69) is 19.6 Å². The average Bonchev–Trinajstić information content (AvgIpc) is 3.57. The number of aromatic amines is 1. The molecule has 16 heteroatoms. The Hall–Kier alpha value is -3.92. The van der Waals surface area contributed by atoms with Gasteiger partial charge in [-0.3, -0.25) is 14.4 Å². The fourth-order valence-corrected chi connectivity index (χ4v) is 5.65. The molecule has 0 saturated carbocycles. The van der Waals surface area contributed by atoms with Gasteiger partial charge in [0.1, 0.15) is 17.4 Å². The minimum absolute atomic E-state index is 0.0625. The topological polar surface area (TPSA) is 93.5 Å². The van der Waals surface area contributed by atoms with Gasteiger partial charge in [-0.2, -0.15) is 26.3 Å². The van der Waals surface area contributed by atoms with Crippen LogP contribution in [0.2, 0.25) is 0 Å². The number of alkyl halides is 6. The van der Waals surface area contributed by atoms with Crippen molar-refractivity contribution in [2.75, 3.05) is 20.2 Å². The molecule has 0 bridgehead atoms. The maximum absolute atomic E-state index is 15.0. The maximum atomic E-state index is 15.0. The van der Waals surface area contributed by atoms with Crippen molar-refractivity contribution < 1.29 is 44.7 Å². The third kappa shape index (κ3) is 7.01. The van der Waals surface area contributed by atoms with Crippen LogP contribution in [0, 0.1) is 11.7 Å². The van der Waals surface area contributed by atoms with Crippen molar-refractivity contribution >= 4 is 11.3 Å². The van der Waals surface area contributed by atoms with E-state index in [-0.39, 0.29) is 62.0 Å². The Morgan fingerprint density at radius 2 is 1.77 bits per heavy atom. The second kappa shape index (κ2) is 12.0. The molecular weight excluding hydrogens is 609 g/mol. The number of methoxy groups -OCH3 is 1. The number of nitrogens with one attached hydrogen (secondary N) is 1. The highest BCUT2D eigenvalue weighted by molar-refractivity contribution is 7.15. The fraction of sp³-hybridized carbons (Fsp3) is 0.370. The van der Waals surface area contributed by atoms with E-state index in [4.69, 9.17) is 9.47 Å². The lowest BCUT2D eigenvalue weighted by molar-refractivity contribution is -0.185. The minimum Gasteiger partial charge on any atom is -0.496 e. The SMILES string of the molecule is COc1cc(OCc2sc(-c3ccc(C(F)(F)F)cc3)nc2CN2CCC(C(F)(F)F)CC2)c(F)cc1-c1noc(=O)[nH]1. The molecule has 1 aliphatic heterocycles. The molecule has 1 fully saturated rings. The zero-order valence-electron chi connectivity index (χ0n) is 22.3. The predicted octanol–water partition coefficient (Wildman–Crippen LogP) is 6.67. The lowest BCUT2D eigenvalue weighted by Gasteiger charge is -2.32. The summed E-state index contributed by atoms with van der Waals surface area (Å²) >= 11 is 1.12. The first-order valence-corrected chi connectivity index (χ1v) is 13.7. The van der Waals surface area contributed by atoms with Gasteiger partial charge in [-0.15, -0.1) is 11.3 Å². The largest absolute Gasteiger partial charge is 0.496 e. The highest BCUT2D eigenvalue weighted by Crippen LogP contribution is 2.38. The number of likely N-dealkylation sites (tertiary alicyclic amines) is 1. The highest BCUT2D eigenvalue weighted by Gasteiger charge is 2.41. The Morgan fingerprint density at radius 3 is 2.35 bits per heavy atom. The molecule has 2 aromatic carbocycles. The van der Waals surface area contributed by atoms with Crippen LogP contribution in [0.25, 0.3) is 22.0 Å². The van der Waals surface area contributed by atoms with Gasteiger partial charge in [0.05, 0.1) is 34.7 Å². The van der Waals surface area contributed by atoms with Crippen LogP contribution in [0.15, 0.2) is 45.7 Å². The van der Waals surface area contributed by atoms with E-state index in [1.54, 1.807) is 0 Å². The number of benzene rings is 2. The first-order chi connectivity index (χ1) is 20.3. The molecule has 0 unspecified atom stereocenters. The summed E-state index contributed by atoms with van der Waals surface area (Å²) in [4.78, 5) is 20.5. The van der Waals surface area contributed by atoms with Gasteiger partial charge in [-0.25, -0.2) is 14.2 Å². The Balaban J connectivity index is 1.40. The maximum Gasteiger partial charge on any atom is 0.439 e. The normalized spacial score (nSPS) is 15.2. The molecule has 1 aliphatic rings. The van der Waals surface area contributed by atoms with E-state index in [9.17, 15) is 31.1 Å². The van der Waals surface area contributed by atoms with Crippen molar-refractivity contribution in [1.82, 2.24) is 20.0 Å². The number of piperidine rings is 1. The van der Waals surface area contributed by atoms with Crippen LogP contribution < -0.4 is 15.2 Å². The van der Waals surface area contributed by atoms with Gasteiger partial charge in [0.25, 0.3) is 0 Å². The van der Waals surface area contributed by atoms with Gasteiger partial charge in [-0.1, -0.05) is 17.3 Å². The van der Waals surface area contributed by atoms with Gasteiger partial charge in [-0.05, 0) is 44.1 Å². The van der Waals surface area contributed by atoms with Crippen LogP contribution >= 0.6 is 11.3 Å². The molecule has 0 aliphatic carbocycles. The van der Waals surface area contributed by atoms with Crippen LogP contribution in [0.5, 0.6) is 11.5 Å². The number of H-pyrrole nitrogens is 1. The van der Waals surface area contributed by atoms with Crippen molar-refractivity contribution in [2.24, 2.45) is 5.92 Å². The minimum atomic E-state index is -4.52. The molecule has 8 nitrogen and oxygen atoms in total. The van der Waals surface area contributed by atoms with Crippen LogP contribution in [0.1, 0.15) is 29.0 Å².